The van der Waals surface area contributed by atoms with Gasteiger partial charge in [0.1, 0.15) is 0 Å². The molecule has 6 heteroatoms. The molecule has 0 N–H and O–H groups in total. The Morgan fingerprint density at radius 3 is 2.39 bits per heavy atom. The first kappa shape index (κ1) is 22.8. The molecule has 0 aliphatic carbocycles. The van der Waals surface area contributed by atoms with Crippen LogP contribution in [-0.2, 0) is 4.79 Å². The maximum absolute atomic E-state index is 12.8. The van der Waals surface area contributed by atoms with Crippen molar-refractivity contribution in [2.75, 3.05) is 39.9 Å². The summed E-state index contributed by atoms with van der Waals surface area (Å²) in [5, 5.41) is 0. The molecule has 5 nitrogen and oxygen atoms in total. The molecule has 0 aromatic heterocycles. The smallest absolute Gasteiger partial charge is 0.260 e. The van der Waals surface area contributed by atoms with E-state index in [0.717, 1.165) is 32.4 Å². The molecule has 1 atom stereocenters. The summed E-state index contributed by atoms with van der Waals surface area (Å²) < 4.78 is 11.1. The molecule has 1 unspecified atom stereocenters. The lowest BCUT2D eigenvalue weighted by molar-refractivity contribution is -0.137. The third-order valence-electron chi connectivity index (χ3n) is 5.84. The van der Waals surface area contributed by atoms with Crippen LogP contribution in [0, 0.1) is 0 Å². The molecule has 1 aromatic rings. The third kappa shape index (κ3) is 6.56. The first-order valence-electron chi connectivity index (χ1n) is 10.6. The highest BCUT2D eigenvalue weighted by Crippen LogP contribution is 2.26. The maximum Gasteiger partial charge on any atom is 0.260 e. The largest absolute Gasteiger partial charge is 0.493 e. The second-order valence-corrected chi connectivity index (χ2v) is 7.72. The number of piperidine rings is 1. The lowest BCUT2D eigenvalue weighted by Crippen LogP contribution is -2.47. The first-order valence-corrected chi connectivity index (χ1v) is 10.6. The van der Waals surface area contributed by atoms with Crippen molar-refractivity contribution in [2.45, 2.75) is 57.4 Å². The van der Waals surface area contributed by atoms with Crippen molar-refractivity contribution >= 4 is 18.3 Å². The van der Waals surface area contributed by atoms with Crippen molar-refractivity contribution in [3.63, 3.8) is 0 Å². The molecule has 0 saturated carbocycles. The van der Waals surface area contributed by atoms with E-state index in [9.17, 15) is 4.79 Å². The van der Waals surface area contributed by atoms with Gasteiger partial charge >= 0.3 is 0 Å². The van der Waals surface area contributed by atoms with Crippen LogP contribution in [0.5, 0.6) is 11.5 Å². The van der Waals surface area contributed by atoms with Gasteiger partial charge in [-0.05, 0) is 63.7 Å². The van der Waals surface area contributed by atoms with Gasteiger partial charge in [-0.3, -0.25) is 4.79 Å². The average Bonchev–Trinajstić information content (AvgIpc) is 2.99. The minimum atomic E-state index is 0. The summed E-state index contributed by atoms with van der Waals surface area (Å²) in [6.07, 6.45) is 9.90. The van der Waals surface area contributed by atoms with Gasteiger partial charge in [0.25, 0.3) is 5.91 Å². The number of hydrogen-bond donors (Lipinski definition) is 0. The Kier molecular flexibility index (Phi) is 9.93. The lowest BCUT2D eigenvalue weighted by Gasteiger charge is -2.37. The van der Waals surface area contributed by atoms with E-state index in [1.165, 1.54) is 45.2 Å². The van der Waals surface area contributed by atoms with Gasteiger partial charge in [0.15, 0.2) is 18.1 Å². The van der Waals surface area contributed by atoms with Crippen molar-refractivity contribution in [3.05, 3.63) is 24.3 Å². The molecule has 0 radical (unpaired) electrons. The number of benzene rings is 1. The molecule has 1 amide bonds. The summed E-state index contributed by atoms with van der Waals surface area (Å²) in [6, 6.07) is 7.85. The molecule has 0 spiro atoms. The molecule has 2 heterocycles. The first-order chi connectivity index (χ1) is 13.3. The van der Waals surface area contributed by atoms with Crippen LogP contribution in [-0.4, -0.2) is 61.6 Å². The van der Waals surface area contributed by atoms with Gasteiger partial charge in [-0.15, -0.1) is 12.4 Å². The number of methoxy groups -OCH3 is 1. The summed E-state index contributed by atoms with van der Waals surface area (Å²) in [5.41, 5.74) is 0. The van der Waals surface area contributed by atoms with Crippen LogP contribution in [0.3, 0.4) is 0 Å². The topological polar surface area (TPSA) is 42.0 Å². The third-order valence-corrected chi connectivity index (χ3v) is 5.84. The maximum atomic E-state index is 12.8. The Balaban J connectivity index is 0.00000280. The van der Waals surface area contributed by atoms with Crippen LogP contribution < -0.4 is 9.47 Å². The molecule has 0 bridgehead atoms. The predicted octanol–water partition coefficient (Wildman–Crippen LogP) is 4.14. The van der Waals surface area contributed by atoms with Crippen LogP contribution >= 0.6 is 12.4 Å². The second-order valence-electron chi connectivity index (χ2n) is 7.72. The minimum Gasteiger partial charge on any atom is -0.493 e. The van der Waals surface area contributed by atoms with Gasteiger partial charge in [0, 0.05) is 19.1 Å². The summed E-state index contributed by atoms with van der Waals surface area (Å²) in [4.78, 5) is 17.5. The zero-order valence-electron chi connectivity index (χ0n) is 17.1. The second kappa shape index (κ2) is 12.2. The van der Waals surface area contributed by atoms with E-state index in [4.69, 9.17) is 9.47 Å². The molecular formula is C22H35ClN2O3. The number of para-hydroxylation sites is 2. The highest BCUT2D eigenvalue weighted by atomic mass is 35.5. The predicted molar refractivity (Wildman–Crippen MR) is 115 cm³/mol. The number of rotatable bonds is 7. The fourth-order valence-corrected chi connectivity index (χ4v) is 4.28. The number of hydrogen-bond acceptors (Lipinski definition) is 4. The normalized spacial score (nSPS) is 20.8. The van der Waals surface area contributed by atoms with E-state index in [1.54, 1.807) is 7.11 Å². The van der Waals surface area contributed by atoms with E-state index in [-0.39, 0.29) is 24.9 Å². The van der Waals surface area contributed by atoms with Crippen molar-refractivity contribution in [3.8, 4) is 11.5 Å². The number of likely N-dealkylation sites (tertiary alicyclic amines) is 2. The van der Waals surface area contributed by atoms with E-state index < -0.39 is 0 Å². The van der Waals surface area contributed by atoms with Gasteiger partial charge < -0.3 is 19.3 Å². The average molecular weight is 411 g/mol. The van der Waals surface area contributed by atoms with Crippen LogP contribution in [0.2, 0.25) is 0 Å². The molecule has 28 heavy (non-hydrogen) atoms. The molecule has 2 saturated heterocycles. The molecule has 2 fully saturated rings. The molecule has 158 valence electrons. The number of ether oxygens (including phenoxy) is 2. The Hall–Kier alpha value is -1.46. The monoisotopic (exact) mass is 410 g/mol. The van der Waals surface area contributed by atoms with Gasteiger partial charge in [-0.2, -0.15) is 0 Å². The van der Waals surface area contributed by atoms with Crippen molar-refractivity contribution in [1.29, 1.82) is 0 Å². The Morgan fingerprint density at radius 1 is 1.00 bits per heavy atom. The fourth-order valence-electron chi connectivity index (χ4n) is 4.28. The summed E-state index contributed by atoms with van der Waals surface area (Å²) in [6.45, 7) is 4.50. The van der Waals surface area contributed by atoms with Gasteiger partial charge in [0.2, 0.25) is 0 Å². The van der Waals surface area contributed by atoms with Crippen LogP contribution in [0.25, 0.3) is 0 Å². The van der Waals surface area contributed by atoms with E-state index in [0.29, 0.717) is 17.5 Å². The van der Waals surface area contributed by atoms with Crippen molar-refractivity contribution in [1.82, 2.24) is 9.80 Å². The number of halogens is 1. The van der Waals surface area contributed by atoms with Crippen LogP contribution in [0.15, 0.2) is 24.3 Å². The number of carbonyl (C=O) groups excluding carboxylic acids is 1. The summed E-state index contributed by atoms with van der Waals surface area (Å²) in [7, 11) is 1.62. The number of amides is 1. The molecular weight excluding hydrogens is 376 g/mol. The SMILES string of the molecule is COc1ccccc1OCC(=O)N1CCCCC1CCN1CCCCCC1.Cl. The summed E-state index contributed by atoms with van der Waals surface area (Å²) >= 11 is 0. The van der Waals surface area contributed by atoms with E-state index in [1.807, 2.05) is 24.3 Å². The molecule has 2 aliphatic heterocycles. The Labute approximate surface area is 175 Å². The van der Waals surface area contributed by atoms with E-state index in [2.05, 4.69) is 9.80 Å². The molecule has 2 aliphatic rings. The van der Waals surface area contributed by atoms with Crippen molar-refractivity contribution < 1.29 is 14.3 Å². The van der Waals surface area contributed by atoms with Crippen LogP contribution in [0.1, 0.15) is 51.4 Å². The van der Waals surface area contributed by atoms with Gasteiger partial charge in [-0.25, -0.2) is 0 Å². The van der Waals surface area contributed by atoms with Crippen molar-refractivity contribution in [2.24, 2.45) is 0 Å². The zero-order chi connectivity index (χ0) is 18.9. The molecule has 1 aromatic carbocycles. The zero-order valence-corrected chi connectivity index (χ0v) is 17.9. The number of carbonyl (C=O) groups is 1. The Bertz CT molecular complexity index is 591. The fraction of sp³-hybridized carbons (Fsp3) is 0.682. The van der Waals surface area contributed by atoms with E-state index >= 15 is 0 Å². The molecule has 3 rings (SSSR count). The van der Waals surface area contributed by atoms with Gasteiger partial charge in [-0.1, -0.05) is 25.0 Å². The lowest BCUT2D eigenvalue weighted by atomic mass is 9.99. The minimum absolute atomic E-state index is 0. The van der Waals surface area contributed by atoms with Crippen LogP contribution in [0.4, 0.5) is 0 Å². The summed E-state index contributed by atoms with van der Waals surface area (Å²) in [5.74, 6) is 1.40. The highest BCUT2D eigenvalue weighted by molar-refractivity contribution is 5.85. The standard InChI is InChI=1S/C22H34N2O3.ClH/c1-26-20-11-4-5-12-21(20)27-18-22(25)24-16-9-6-10-19(24)13-17-23-14-7-2-3-8-15-23;/h4-5,11-12,19H,2-3,6-10,13-18H2,1H3;1H. The Morgan fingerprint density at radius 2 is 1.68 bits per heavy atom. The quantitative estimate of drug-likeness (QED) is 0.677. The number of nitrogens with zero attached hydrogens (tertiary/aromatic N) is 2. The highest BCUT2D eigenvalue weighted by Gasteiger charge is 2.27. The van der Waals surface area contributed by atoms with Gasteiger partial charge in [0.05, 0.1) is 7.11 Å².